The maximum absolute atomic E-state index is 4.91. The predicted molar refractivity (Wildman–Crippen MR) is 85.6 cm³/mol. The lowest BCUT2D eigenvalue weighted by Gasteiger charge is -2.15. The highest BCUT2D eigenvalue weighted by atomic mass is 32.1. The molecule has 0 fully saturated rings. The molecule has 1 unspecified atom stereocenters. The van der Waals surface area contributed by atoms with Crippen LogP contribution in [0.2, 0.25) is 0 Å². The fourth-order valence-electron chi connectivity index (χ4n) is 2.87. The van der Waals surface area contributed by atoms with Crippen LogP contribution in [0.1, 0.15) is 51.2 Å². The van der Waals surface area contributed by atoms with Gasteiger partial charge in [-0.05, 0) is 63.3 Å². The lowest BCUT2D eigenvalue weighted by Crippen LogP contribution is -2.17. The highest BCUT2D eigenvalue weighted by Gasteiger charge is 2.21. The van der Waals surface area contributed by atoms with Crippen LogP contribution in [-0.4, -0.2) is 12.0 Å². The van der Waals surface area contributed by atoms with Crippen molar-refractivity contribution in [2.45, 2.75) is 45.6 Å². The first-order valence-corrected chi connectivity index (χ1v) is 8.23. The second kappa shape index (κ2) is 5.66. The number of benzene rings is 1. The van der Waals surface area contributed by atoms with E-state index in [4.69, 9.17) is 4.98 Å². The molecule has 0 amide bonds. The number of hydrogen-bond acceptors (Lipinski definition) is 3. The van der Waals surface area contributed by atoms with Crippen molar-refractivity contribution >= 4 is 11.3 Å². The summed E-state index contributed by atoms with van der Waals surface area (Å²) >= 11 is 1.90. The Morgan fingerprint density at radius 3 is 2.65 bits per heavy atom. The third-order valence-electron chi connectivity index (χ3n) is 4.26. The Hall–Kier alpha value is -1.19. The van der Waals surface area contributed by atoms with E-state index < -0.39 is 0 Å². The van der Waals surface area contributed by atoms with Crippen molar-refractivity contribution in [3.63, 3.8) is 0 Å². The third-order valence-corrected chi connectivity index (χ3v) is 5.48. The van der Waals surface area contributed by atoms with Crippen molar-refractivity contribution in [1.29, 1.82) is 0 Å². The fourth-order valence-corrected chi connectivity index (χ4v) is 4.16. The topological polar surface area (TPSA) is 24.9 Å². The Kier molecular flexibility index (Phi) is 3.90. The summed E-state index contributed by atoms with van der Waals surface area (Å²) in [7, 11) is 2.03. The zero-order valence-corrected chi connectivity index (χ0v) is 13.3. The number of aromatic nitrogens is 1. The predicted octanol–water partition coefficient (Wildman–Crippen LogP) is 3.95. The molecule has 1 aliphatic carbocycles. The van der Waals surface area contributed by atoms with Gasteiger partial charge in [0, 0.05) is 4.88 Å². The van der Waals surface area contributed by atoms with Crippen LogP contribution < -0.4 is 5.32 Å². The average molecular weight is 286 g/mol. The van der Waals surface area contributed by atoms with Crippen molar-refractivity contribution in [3.05, 3.63) is 50.5 Å². The minimum absolute atomic E-state index is 0.227. The Morgan fingerprint density at radius 1 is 1.15 bits per heavy atom. The first-order valence-electron chi connectivity index (χ1n) is 7.42. The summed E-state index contributed by atoms with van der Waals surface area (Å²) in [6, 6.07) is 6.95. The molecular formula is C17H22N2S. The van der Waals surface area contributed by atoms with Gasteiger partial charge in [-0.1, -0.05) is 18.2 Å². The number of nitrogens with zero attached hydrogens (tertiary/aromatic N) is 1. The molecule has 1 heterocycles. The zero-order chi connectivity index (χ0) is 14.1. The number of thiazole rings is 1. The van der Waals surface area contributed by atoms with Gasteiger partial charge in [-0.25, -0.2) is 4.98 Å². The lowest BCUT2D eigenvalue weighted by atomic mass is 10.0. The molecule has 0 aliphatic heterocycles. The first-order chi connectivity index (χ1) is 9.69. The largest absolute Gasteiger partial charge is 0.307 e. The van der Waals surface area contributed by atoms with Gasteiger partial charge < -0.3 is 5.32 Å². The van der Waals surface area contributed by atoms with Crippen LogP contribution in [0, 0.1) is 13.8 Å². The first kappa shape index (κ1) is 13.8. The van der Waals surface area contributed by atoms with Gasteiger partial charge in [0.15, 0.2) is 0 Å². The Balaban J connectivity index is 1.96. The molecule has 20 heavy (non-hydrogen) atoms. The molecule has 1 aromatic carbocycles. The van der Waals surface area contributed by atoms with E-state index in [0.717, 1.165) is 6.42 Å². The number of fused-ring (bicyclic) bond motifs is 1. The Labute approximate surface area is 125 Å². The summed E-state index contributed by atoms with van der Waals surface area (Å²) in [5.41, 5.74) is 5.37. The van der Waals surface area contributed by atoms with E-state index in [1.807, 2.05) is 18.4 Å². The van der Waals surface area contributed by atoms with Crippen LogP contribution in [0.25, 0.3) is 0 Å². The van der Waals surface area contributed by atoms with Crippen LogP contribution in [0.5, 0.6) is 0 Å². The highest BCUT2D eigenvalue weighted by molar-refractivity contribution is 7.11. The van der Waals surface area contributed by atoms with Crippen LogP contribution >= 0.6 is 11.3 Å². The standard InChI is InChI=1S/C17H22N2S/c1-11-8-9-13(10-12(11)2)16(18-3)17-19-14-6-4-5-7-15(14)20-17/h8-10,16,18H,4-7H2,1-3H3. The molecule has 0 saturated heterocycles. The zero-order valence-electron chi connectivity index (χ0n) is 12.5. The smallest absolute Gasteiger partial charge is 0.115 e. The Bertz CT molecular complexity index is 592. The van der Waals surface area contributed by atoms with Crippen molar-refractivity contribution < 1.29 is 0 Å². The molecule has 2 aromatic rings. The molecule has 1 N–H and O–H groups in total. The molecule has 0 bridgehead atoms. The quantitative estimate of drug-likeness (QED) is 0.924. The maximum atomic E-state index is 4.91. The summed E-state index contributed by atoms with van der Waals surface area (Å²) in [6.45, 7) is 4.34. The number of rotatable bonds is 3. The van der Waals surface area contributed by atoms with Crippen molar-refractivity contribution in [1.82, 2.24) is 10.3 Å². The van der Waals surface area contributed by atoms with E-state index in [9.17, 15) is 0 Å². The summed E-state index contributed by atoms with van der Waals surface area (Å²) in [6.07, 6.45) is 5.00. The van der Waals surface area contributed by atoms with E-state index in [-0.39, 0.29) is 6.04 Å². The molecule has 1 aliphatic rings. The van der Waals surface area contributed by atoms with Gasteiger partial charge in [0.25, 0.3) is 0 Å². The second-order valence-electron chi connectivity index (χ2n) is 5.69. The lowest BCUT2D eigenvalue weighted by molar-refractivity contribution is 0.661. The summed E-state index contributed by atoms with van der Waals surface area (Å²) < 4.78 is 0. The van der Waals surface area contributed by atoms with Gasteiger partial charge in [-0.15, -0.1) is 11.3 Å². The minimum atomic E-state index is 0.227. The SMILES string of the molecule is CNC(c1ccc(C)c(C)c1)c1nc2c(s1)CCCC2. The Morgan fingerprint density at radius 2 is 1.95 bits per heavy atom. The van der Waals surface area contributed by atoms with Crippen LogP contribution in [0.4, 0.5) is 0 Å². The van der Waals surface area contributed by atoms with Gasteiger partial charge in [-0.3, -0.25) is 0 Å². The highest BCUT2D eigenvalue weighted by Crippen LogP contribution is 2.32. The van der Waals surface area contributed by atoms with Gasteiger partial charge >= 0.3 is 0 Å². The summed E-state index contributed by atoms with van der Waals surface area (Å²) in [4.78, 5) is 6.42. The van der Waals surface area contributed by atoms with Gasteiger partial charge in [-0.2, -0.15) is 0 Å². The summed E-state index contributed by atoms with van der Waals surface area (Å²) in [5.74, 6) is 0. The van der Waals surface area contributed by atoms with Crippen molar-refractivity contribution in [2.24, 2.45) is 0 Å². The normalized spacial score (nSPS) is 15.9. The molecule has 1 aromatic heterocycles. The molecule has 106 valence electrons. The summed E-state index contributed by atoms with van der Waals surface area (Å²) in [5, 5.41) is 4.66. The second-order valence-corrected chi connectivity index (χ2v) is 6.81. The van der Waals surface area contributed by atoms with E-state index in [1.54, 1.807) is 0 Å². The van der Waals surface area contributed by atoms with E-state index >= 15 is 0 Å². The van der Waals surface area contributed by atoms with E-state index in [1.165, 1.54) is 51.5 Å². The van der Waals surface area contributed by atoms with Gasteiger partial charge in [0.2, 0.25) is 0 Å². The minimum Gasteiger partial charge on any atom is -0.307 e. The molecular weight excluding hydrogens is 264 g/mol. The van der Waals surface area contributed by atoms with E-state index in [2.05, 4.69) is 37.4 Å². The molecule has 3 rings (SSSR count). The van der Waals surface area contributed by atoms with Crippen molar-refractivity contribution in [3.8, 4) is 0 Å². The van der Waals surface area contributed by atoms with Crippen LogP contribution in [0.3, 0.4) is 0 Å². The van der Waals surface area contributed by atoms with Crippen LogP contribution in [-0.2, 0) is 12.8 Å². The number of nitrogens with one attached hydrogen (secondary N) is 1. The third kappa shape index (κ3) is 2.52. The maximum Gasteiger partial charge on any atom is 0.115 e. The van der Waals surface area contributed by atoms with Crippen LogP contribution in [0.15, 0.2) is 18.2 Å². The van der Waals surface area contributed by atoms with Gasteiger partial charge in [0.1, 0.15) is 5.01 Å². The fraction of sp³-hybridized carbons (Fsp3) is 0.471. The molecule has 0 spiro atoms. The monoisotopic (exact) mass is 286 g/mol. The van der Waals surface area contributed by atoms with Gasteiger partial charge in [0.05, 0.1) is 11.7 Å². The number of aryl methyl sites for hydroxylation is 4. The average Bonchev–Trinajstić information content (AvgIpc) is 2.87. The molecule has 3 heteroatoms. The van der Waals surface area contributed by atoms with Crippen molar-refractivity contribution in [2.75, 3.05) is 7.05 Å². The molecule has 0 radical (unpaired) electrons. The number of hydrogen-bond donors (Lipinski definition) is 1. The molecule has 0 saturated carbocycles. The molecule has 2 nitrogen and oxygen atoms in total. The van der Waals surface area contributed by atoms with E-state index in [0.29, 0.717) is 0 Å². The molecule has 1 atom stereocenters.